The normalized spacial score (nSPS) is 17.7. The van der Waals surface area contributed by atoms with Gasteiger partial charge in [0.2, 0.25) is 5.82 Å². The Balaban J connectivity index is 1.42. The van der Waals surface area contributed by atoms with E-state index in [4.69, 9.17) is 9.47 Å². The van der Waals surface area contributed by atoms with Crippen LogP contribution in [0.1, 0.15) is 70.5 Å². The van der Waals surface area contributed by atoms with Crippen molar-refractivity contribution in [3.05, 3.63) is 89.8 Å². The maximum Gasteiger partial charge on any atom is 0.201 e. The van der Waals surface area contributed by atoms with Gasteiger partial charge in [-0.2, -0.15) is 4.39 Å². The zero-order valence-corrected chi connectivity index (χ0v) is 22.3. The van der Waals surface area contributed by atoms with Crippen LogP contribution in [0.4, 0.5) is 13.2 Å². The molecule has 3 aromatic carbocycles. The summed E-state index contributed by atoms with van der Waals surface area (Å²) in [5.74, 6) is -1.83. The Bertz CT molecular complexity index is 1210. The van der Waals surface area contributed by atoms with Crippen LogP contribution in [0.3, 0.4) is 0 Å². The molecule has 0 saturated carbocycles. The second-order valence-electron chi connectivity index (χ2n) is 10.0. The van der Waals surface area contributed by atoms with Crippen molar-refractivity contribution in [1.29, 1.82) is 0 Å². The lowest BCUT2D eigenvalue weighted by Crippen LogP contribution is -2.20. The maximum absolute atomic E-state index is 15.1. The predicted octanol–water partition coefficient (Wildman–Crippen LogP) is 9.83. The summed E-state index contributed by atoms with van der Waals surface area (Å²) < 4.78 is 55.9. The summed E-state index contributed by atoms with van der Waals surface area (Å²) in [5, 5.41) is 0. The van der Waals surface area contributed by atoms with Gasteiger partial charge in [-0.3, -0.25) is 0 Å². The van der Waals surface area contributed by atoms with E-state index in [-0.39, 0.29) is 29.8 Å². The van der Waals surface area contributed by atoms with E-state index in [0.717, 1.165) is 31.4 Å². The maximum atomic E-state index is 15.1. The minimum Gasteiger partial charge on any atom is -0.486 e. The quantitative estimate of drug-likeness (QED) is 0.184. The third-order valence-corrected chi connectivity index (χ3v) is 7.24. The lowest BCUT2D eigenvalue weighted by atomic mass is 9.90. The minimum atomic E-state index is -1.02. The molecule has 0 spiro atoms. The van der Waals surface area contributed by atoms with Gasteiger partial charge in [-0.05, 0) is 66.5 Å². The molecule has 0 N–H and O–H groups in total. The smallest absolute Gasteiger partial charge is 0.201 e. The fourth-order valence-corrected chi connectivity index (χ4v) is 5.01. The SMILES string of the molecule is CCC=CCOc1ccc(-c2ccc(-c3ccc(C4CCC(CCCCC)CO4)cc3F)cc2)c(F)c1F. The average molecular weight is 523 g/mol. The van der Waals surface area contributed by atoms with Gasteiger partial charge in [0.1, 0.15) is 12.4 Å². The highest BCUT2D eigenvalue weighted by molar-refractivity contribution is 5.71. The van der Waals surface area contributed by atoms with E-state index in [1.54, 1.807) is 42.5 Å². The summed E-state index contributed by atoms with van der Waals surface area (Å²) in [6.45, 7) is 5.11. The summed E-state index contributed by atoms with van der Waals surface area (Å²) in [4.78, 5) is 0. The highest BCUT2D eigenvalue weighted by Crippen LogP contribution is 2.36. The number of hydrogen-bond donors (Lipinski definition) is 0. The van der Waals surface area contributed by atoms with Gasteiger partial charge in [-0.25, -0.2) is 8.78 Å². The van der Waals surface area contributed by atoms with Crippen LogP contribution in [0.25, 0.3) is 22.3 Å². The van der Waals surface area contributed by atoms with Crippen molar-refractivity contribution < 1.29 is 22.6 Å². The Morgan fingerprint density at radius 1 is 0.842 bits per heavy atom. The molecular formula is C33H37F3O2. The number of unbranched alkanes of at least 4 members (excludes halogenated alkanes) is 2. The molecule has 2 nitrogen and oxygen atoms in total. The van der Waals surface area contributed by atoms with Crippen molar-refractivity contribution in [3.63, 3.8) is 0 Å². The Morgan fingerprint density at radius 3 is 2.24 bits per heavy atom. The van der Waals surface area contributed by atoms with E-state index in [1.807, 2.05) is 19.1 Å². The molecule has 5 heteroatoms. The lowest BCUT2D eigenvalue weighted by molar-refractivity contribution is -0.0200. The molecule has 1 aliphatic rings. The van der Waals surface area contributed by atoms with Gasteiger partial charge in [0.25, 0.3) is 0 Å². The topological polar surface area (TPSA) is 18.5 Å². The van der Waals surface area contributed by atoms with Crippen molar-refractivity contribution in [2.45, 2.75) is 64.9 Å². The molecule has 1 fully saturated rings. The van der Waals surface area contributed by atoms with Gasteiger partial charge in [0.05, 0.1) is 12.7 Å². The lowest BCUT2D eigenvalue weighted by Gasteiger charge is -2.29. The zero-order chi connectivity index (χ0) is 26.9. The molecule has 1 aliphatic heterocycles. The van der Waals surface area contributed by atoms with E-state index in [1.165, 1.54) is 37.8 Å². The molecule has 1 saturated heterocycles. The van der Waals surface area contributed by atoms with Gasteiger partial charge < -0.3 is 9.47 Å². The molecule has 0 bridgehead atoms. The van der Waals surface area contributed by atoms with Gasteiger partial charge in [0, 0.05) is 11.1 Å². The number of ether oxygens (including phenoxy) is 2. The standard InChI is InChI=1S/C33H37F3O2/c1-3-5-7-9-23-10-18-30(38-22-23)26-15-16-27(29(34)21-26)24-11-13-25(14-12-24)28-17-19-31(33(36)32(28)35)37-20-8-6-4-2/h6,8,11-17,19,21,23,30H,3-5,7,9-10,18,20,22H2,1-2H3. The molecule has 2 atom stereocenters. The van der Waals surface area contributed by atoms with Crippen LogP contribution in [-0.4, -0.2) is 13.2 Å². The fourth-order valence-electron chi connectivity index (χ4n) is 5.01. The van der Waals surface area contributed by atoms with E-state index >= 15 is 4.39 Å². The van der Waals surface area contributed by atoms with Crippen LogP contribution in [0.15, 0.2) is 66.7 Å². The zero-order valence-electron chi connectivity index (χ0n) is 22.3. The van der Waals surface area contributed by atoms with Crippen LogP contribution in [-0.2, 0) is 4.74 Å². The largest absolute Gasteiger partial charge is 0.486 e. The summed E-state index contributed by atoms with van der Waals surface area (Å²) in [6, 6.07) is 15.0. The van der Waals surface area contributed by atoms with E-state index in [0.29, 0.717) is 22.6 Å². The van der Waals surface area contributed by atoms with Gasteiger partial charge in [-0.15, -0.1) is 0 Å². The number of benzene rings is 3. The van der Waals surface area contributed by atoms with Gasteiger partial charge in [0.15, 0.2) is 11.6 Å². The van der Waals surface area contributed by atoms with Crippen molar-refractivity contribution in [2.24, 2.45) is 5.92 Å². The van der Waals surface area contributed by atoms with Crippen LogP contribution < -0.4 is 4.74 Å². The Morgan fingerprint density at radius 2 is 1.58 bits per heavy atom. The number of rotatable bonds is 11. The Hall–Kier alpha value is -3.05. The van der Waals surface area contributed by atoms with Crippen molar-refractivity contribution in [2.75, 3.05) is 13.2 Å². The molecular weight excluding hydrogens is 485 g/mol. The molecule has 202 valence electrons. The number of halogens is 3. The molecule has 0 aliphatic carbocycles. The monoisotopic (exact) mass is 522 g/mol. The van der Waals surface area contributed by atoms with Crippen LogP contribution in [0.2, 0.25) is 0 Å². The van der Waals surface area contributed by atoms with E-state index in [2.05, 4.69) is 6.92 Å². The molecule has 0 aromatic heterocycles. The van der Waals surface area contributed by atoms with Gasteiger partial charge >= 0.3 is 0 Å². The molecule has 1 heterocycles. The second-order valence-corrected chi connectivity index (χ2v) is 10.0. The Labute approximate surface area is 224 Å². The first kappa shape index (κ1) is 28.0. The third-order valence-electron chi connectivity index (χ3n) is 7.24. The fraction of sp³-hybridized carbons (Fsp3) is 0.394. The summed E-state index contributed by atoms with van der Waals surface area (Å²) in [7, 11) is 0. The first-order valence-electron chi connectivity index (χ1n) is 13.8. The molecule has 3 aromatic rings. The van der Waals surface area contributed by atoms with Gasteiger partial charge in [-0.1, -0.05) is 81.7 Å². The summed E-state index contributed by atoms with van der Waals surface area (Å²) >= 11 is 0. The van der Waals surface area contributed by atoms with Crippen molar-refractivity contribution in [3.8, 4) is 28.0 Å². The van der Waals surface area contributed by atoms with Crippen molar-refractivity contribution >= 4 is 0 Å². The summed E-state index contributed by atoms with van der Waals surface area (Å²) in [6.07, 6.45) is 11.4. The molecule has 2 unspecified atom stereocenters. The van der Waals surface area contributed by atoms with Crippen LogP contribution >= 0.6 is 0 Å². The highest BCUT2D eigenvalue weighted by atomic mass is 19.2. The molecule has 0 radical (unpaired) electrons. The number of allylic oxidation sites excluding steroid dienone is 1. The average Bonchev–Trinajstić information content (AvgIpc) is 2.94. The minimum absolute atomic E-state index is 0.0733. The third kappa shape index (κ3) is 6.87. The first-order valence-corrected chi connectivity index (χ1v) is 13.8. The molecule has 38 heavy (non-hydrogen) atoms. The van der Waals surface area contributed by atoms with Crippen LogP contribution in [0.5, 0.6) is 5.75 Å². The summed E-state index contributed by atoms with van der Waals surface area (Å²) in [5.41, 5.74) is 2.62. The van der Waals surface area contributed by atoms with Crippen molar-refractivity contribution in [1.82, 2.24) is 0 Å². The van der Waals surface area contributed by atoms with Crippen LogP contribution in [0, 0.1) is 23.4 Å². The molecule has 4 rings (SSSR count). The Kier molecular flexibility index (Phi) is 10.1. The highest BCUT2D eigenvalue weighted by Gasteiger charge is 2.23. The predicted molar refractivity (Wildman–Crippen MR) is 148 cm³/mol. The van der Waals surface area contributed by atoms with E-state index < -0.39 is 11.6 Å². The first-order chi connectivity index (χ1) is 18.5. The number of hydrogen-bond acceptors (Lipinski definition) is 2. The van der Waals surface area contributed by atoms with E-state index in [9.17, 15) is 8.78 Å². The second kappa shape index (κ2) is 13.7. The molecule has 0 amide bonds.